The quantitative estimate of drug-likeness (QED) is 0.0740. The Morgan fingerprint density at radius 3 is 2.36 bits per heavy atom. The number of fused-ring (bicyclic) bond motifs is 6. The lowest BCUT2D eigenvalue weighted by molar-refractivity contribution is -0.189. The topological polar surface area (TPSA) is 202 Å². The van der Waals surface area contributed by atoms with Gasteiger partial charge in [0.05, 0.1) is 42.5 Å². The molecule has 4 aromatic rings. The van der Waals surface area contributed by atoms with Crippen LogP contribution in [0.4, 0.5) is 27.6 Å². The number of carbonyl (C=O) groups excluding carboxylic acids is 5. The molecule has 3 saturated heterocycles. The number of likely N-dealkylation sites (N-methyl/N-ethyl adjacent to an activating group) is 2. The van der Waals surface area contributed by atoms with Crippen molar-refractivity contribution in [2.75, 3.05) is 78.5 Å². The number of piperazine rings is 1. The molecule has 0 spiro atoms. The zero-order chi connectivity index (χ0) is 58.4. The van der Waals surface area contributed by atoms with Gasteiger partial charge in [0.2, 0.25) is 17.5 Å². The average molecular weight is 1120 g/mol. The Labute approximate surface area is 461 Å². The fourth-order valence-electron chi connectivity index (χ4n) is 11.5. The second kappa shape index (κ2) is 23.1. The maximum atomic E-state index is 15.2. The molecule has 0 saturated carbocycles. The summed E-state index contributed by atoms with van der Waals surface area (Å²) >= 11 is 0. The van der Waals surface area contributed by atoms with Crippen LogP contribution in [0.25, 0.3) is 33.3 Å². The molecule has 3 fully saturated rings. The molecule has 1 unspecified atom stereocenters. The minimum Gasteiger partial charge on any atom is -0.462 e. The number of likely N-dealkylation sites (tertiary alicyclic amines) is 1. The summed E-state index contributed by atoms with van der Waals surface area (Å²) in [5.41, 5.74) is -0.768. The van der Waals surface area contributed by atoms with E-state index in [1.165, 1.54) is 47.9 Å². The largest absolute Gasteiger partial charge is 0.462 e. The van der Waals surface area contributed by atoms with E-state index in [0.717, 1.165) is 29.1 Å². The van der Waals surface area contributed by atoms with Gasteiger partial charge >= 0.3 is 12.1 Å². The van der Waals surface area contributed by atoms with E-state index < -0.39 is 102 Å². The van der Waals surface area contributed by atoms with Crippen LogP contribution in [0, 0.1) is 11.3 Å². The van der Waals surface area contributed by atoms with E-state index in [4.69, 9.17) is 14.5 Å². The van der Waals surface area contributed by atoms with Crippen molar-refractivity contribution in [3.05, 3.63) is 83.7 Å². The monoisotopic (exact) mass is 1120 g/mol. The summed E-state index contributed by atoms with van der Waals surface area (Å²) in [5, 5.41) is 27.6. The van der Waals surface area contributed by atoms with E-state index in [2.05, 4.69) is 27.1 Å². The number of benzene rings is 2. The molecule has 8 rings (SSSR count). The fraction of sp³-hybridized carbons (Fsp3) is 0.544. The number of hydrazine groups is 1. The van der Waals surface area contributed by atoms with Gasteiger partial charge in [0.15, 0.2) is 5.60 Å². The number of carbonyl (C=O) groups is 5. The van der Waals surface area contributed by atoms with Gasteiger partial charge in [0.1, 0.15) is 18.6 Å². The van der Waals surface area contributed by atoms with E-state index >= 15 is 22.0 Å². The molecule has 80 heavy (non-hydrogen) atoms. The number of β-amino-alcohol motifs (C(OH)–C–C–N with tert-alkyl or cyclic N) is 1. The molecule has 5 atom stereocenters. The Kier molecular flexibility index (Phi) is 17.2. The predicted octanol–water partition coefficient (Wildman–Crippen LogP) is 5.93. The Morgan fingerprint density at radius 1 is 1.00 bits per heavy atom. The summed E-state index contributed by atoms with van der Waals surface area (Å²) in [6.07, 6.45) is -6.60. The first-order valence-corrected chi connectivity index (χ1v) is 26.9. The number of cyclic esters (lactones) is 1. The molecule has 0 aliphatic carbocycles. The van der Waals surface area contributed by atoms with Gasteiger partial charge in [-0.25, -0.2) is 13.6 Å². The van der Waals surface area contributed by atoms with E-state index in [1.807, 2.05) is 13.1 Å². The molecule has 2 aromatic heterocycles. The third kappa shape index (κ3) is 12.5. The van der Waals surface area contributed by atoms with E-state index in [0.29, 0.717) is 46.5 Å². The number of pyridine rings is 1. The van der Waals surface area contributed by atoms with Crippen LogP contribution >= 0.6 is 0 Å². The molecule has 23 heteroatoms. The van der Waals surface area contributed by atoms with Crippen molar-refractivity contribution in [1.82, 2.24) is 40.0 Å². The minimum atomic E-state index is -4.75. The van der Waals surface area contributed by atoms with Gasteiger partial charge in [-0.3, -0.25) is 29.2 Å². The Hall–Kier alpha value is -6.53. The van der Waals surface area contributed by atoms with Crippen molar-refractivity contribution in [1.29, 1.82) is 0 Å². The zero-order valence-corrected chi connectivity index (χ0v) is 46.5. The number of esters is 1. The number of methoxy groups -OCH3 is 1. The zero-order valence-electron chi connectivity index (χ0n) is 46.5. The summed E-state index contributed by atoms with van der Waals surface area (Å²) < 4.78 is 88.7. The molecule has 6 heterocycles. The Morgan fingerprint density at radius 2 is 1.71 bits per heavy atom. The molecule has 2 aromatic carbocycles. The first-order chi connectivity index (χ1) is 37.6. The number of amides is 4. The second-order valence-electron chi connectivity index (χ2n) is 22.9. The predicted molar refractivity (Wildman–Crippen MR) is 288 cm³/mol. The van der Waals surface area contributed by atoms with Crippen LogP contribution < -0.4 is 15.6 Å². The fourth-order valence-corrected chi connectivity index (χ4v) is 11.5. The lowest BCUT2D eigenvalue weighted by Gasteiger charge is -2.40. The lowest BCUT2D eigenvalue weighted by atomic mass is 9.84. The molecule has 4 aliphatic rings. The molecule has 4 N–H and O–H groups in total. The Balaban J connectivity index is 1.30. The SMILES string of the molecule is C=CC(=O)N1CCC(O)(C(=O)N(C)[C@H](C(=O)N[C@H]2Cc3cc(cc(C(F)F)c3)-c3ccc4c(c3)c(c(-c3cc(N5CCN(C)CC5)cnc3[C@H](C)OC)n4CC(F)(F)F)CC(C)(C)COC(=O)[C@@]3(O)CCCN(N3)C2=O)C(C)C)C1. The van der Waals surface area contributed by atoms with Crippen LogP contribution in [0.3, 0.4) is 0 Å². The Bertz CT molecular complexity index is 3030. The van der Waals surface area contributed by atoms with Crippen molar-refractivity contribution in [3.8, 4) is 22.4 Å². The summed E-state index contributed by atoms with van der Waals surface area (Å²) in [5.74, 6) is -4.96. The van der Waals surface area contributed by atoms with E-state index in [9.17, 15) is 34.2 Å². The molecule has 434 valence electrons. The highest BCUT2D eigenvalue weighted by atomic mass is 19.4. The summed E-state index contributed by atoms with van der Waals surface area (Å²) in [6, 6.07) is 7.48. The number of alkyl halides is 5. The van der Waals surface area contributed by atoms with E-state index in [-0.39, 0.29) is 74.3 Å². The molecule has 6 bridgehead atoms. The summed E-state index contributed by atoms with van der Waals surface area (Å²) in [6.45, 7) is 12.4. The van der Waals surface area contributed by atoms with Crippen LogP contribution in [0.5, 0.6) is 0 Å². The average Bonchev–Trinajstić information content (AvgIpc) is 4.05. The second-order valence-corrected chi connectivity index (χ2v) is 22.9. The third-order valence-electron chi connectivity index (χ3n) is 15.8. The molecule has 4 aliphatic heterocycles. The number of hydrogen-bond donors (Lipinski definition) is 4. The highest BCUT2D eigenvalue weighted by Gasteiger charge is 2.49. The maximum absolute atomic E-state index is 15.2. The number of aliphatic hydroxyl groups is 2. The molecule has 18 nitrogen and oxygen atoms in total. The van der Waals surface area contributed by atoms with E-state index in [1.54, 1.807) is 52.9 Å². The maximum Gasteiger partial charge on any atom is 0.406 e. The van der Waals surface area contributed by atoms with Gasteiger partial charge < -0.3 is 49.2 Å². The van der Waals surface area contributed by atoms with Gasteiger partial charge in [-0.2, -0.15) is 18.6 Å². The summed E-state index contributed by atoms with van der Waals surface area (Å²) in [4.78, 5) is 81.7. The molecule has 0 radical (unpaired) electrons. The number of hydrogen-bond acceptors (Lipinski definition) is 13. The summed E-state index contributed by atoms with van der Waals surface area (Å²) in [7, 11) is 4.77. The van der Waals surface area contributed by atoms with Crippen molar-refractivity contribution in [3.63, 3.8) is 0 Å². The third-order valence-corrected chi connectivity index (χ3v) is 15.8. The first-order valence-electron chi connectivity index (χ1n) is 26.9. The smallest absolute Gasteiger partial charge is 0.406 e. The van der Waals surface area contributed by atoms with Crippen LogP contribution in [0.15, 0.2) is 61.3 Å². The van der Waals surface area contributed by atoms with Crippen LogP contribution in [-0.2, 0) is 52.8 Å². The number of aromatic nitrogens is 2. The van der Waals surface area contributed by atoms with Gasteiger partial charge in [-0.15, -0.1) is 0 Å². The number of ether oxygens (including phenoxy) is 2. The molecule has 4 amide bonds. The highest BCUT2D eigenvalue weighted by Crippen LogP contribution is 2.45. The molecular weight excluding hydrogens is 1050 g/mol. The standard InChI is InChI=1S/C57H72F5N9O9/c1-10-45(72)69-17-15-55(77,30-69)52(75)67(8)47(33(2)3)50(73)64-43-24-35-22-37(25-38(23-35)49(58)59)36-12-13-44-40(26-36)42(28-54(5,6)32-80-53(76)56(78)14-11-16-71(65-56)51(43)74)48(70(44)31-57(60,61)62)41-27-39(29-63-46(41)34(4)79-9)68-20-18-66(7)19-21-68/h10,12-13,22-23,25-27,29,33-34,43,47,49,65,77-78H,1,11,14-21,24,28,30-32H2,2-9H3,(H,64,73)/t34-,43-,47-,55?,56-/m0/s1. The number of nitrogens with one attached hydrogen (secondary N) is 2. The minimum absolute atomic E-state index is 0.0228. The van der Waals surface area contributed by atoms with Crippen molar-refractivity contribution < 1.29 is 65.6 Å². The number of halogens is 5. The van der Waals surface area contributed by atoms with Gasteiger partial charge in [0, 0.05) is 100 Å². The number of anilines is 1. The van der Waals surface area contributed by atoms with Crippen molar-refractivity contribution in [2.45, 2.75) is 115 Å². The number of rotatable bonds is 12. The van der Waals surface area contributed by atoms with Gasteiger partial charge in [0.25, 0.3) is 18.2 Å². The lowest BCUT2D eigenvalue weighted by Crippen LogP contribution is -2.67. The van der Waals surface area contributed by atoms with Gasteiger partial charge in [-0.05, 0) is 85.3 Å². The van der Waals surface area contributed by atoms with Crippen LogP contribution in [-0.4, -0.2) is 172 Å². The van der Waals surface area contributed by atoms with Gasteiger partial charge in [-0.1, -0.05) is 52.5 Å². The van der Waals surface area contributed by atoms with Crippen molar-refractivity contribution >= 4 is 46.2 Å². The number of nitrogens with zero attached hydrogens (tertiary/aromatic N) is 7. The van der Waals surface area contributed by atoms with Crippen molar-refractivity contribution in [2.24, 2.45) is 11.3 Å². The first kappa shape index (κ1) is 59.6. The normalized spacial score (nSPS) is 23.0. The van der Waals surface area contributed by atoms with Crippen LogP contribution in [0.2, 0.25) is 0 Å². The molecular formula is C57H72F5N9O9. The highest BCUT2D eigenvalue weighted by molar-refractivity contribution is 5.97. The van der Waals surface area contributed by atoms with Crippen LogP contribution in [0.1, 0.15) is 88.8 Å².